The Hall–Kier alpha value is -1.10. The van der Waals surface area contributed by atoms with Gasteiger partial charge >= 0.3 is 0 Å². The molecule has 0 aliphatic carbocycles. The number of nitrogens with one attached hydrogen (secondary N) is 1. The highest BCUT2D eigenvalue weighted by atomic mass is 16.5. The van der Waals surface area contributed by atoms with Gasteiger partial charge in [-0.25, -0.2) is 0 Å². The number of rotatable bonds is 7. The summed E-state index contributed by atoms with van der Waals surface area (Å²) in [5.74, 6) is 0. The normalized spacial score (nSPS) is 17.3. The number of nitrogens with zero attached hydrogens (tertiary/aromatic N) is 2. The predicted octanol–water partition coefficient (Wildman–Crippen LogP) is 1.53. The maximum absolute atomic E-state index is 5.17. The molecule has 0 bridgehead atoms. The van der Waals surface area contributed by atoms with Gasteiger partial charge in [-0.05, 0) is 25.1 Å². The lowest BCUT2D eigenvalue weighted by molar-refractivity contribution is 0.158. The molecule has 1 aromatic carbocycles. The van der Waals surface area contributed by atoms with Crippen molar-refractivity contribution in [2.24, 2.45) is 0 Å². The van der Waals surface area contributed by atoms with Crippen LogP contribution in [0.4, 0.5) is 5.69 Å². The predicted molar refractivity (Wildman–Crippen MR) is 84.4 cm³/mol. The lowest BCUT2D eigenvalue weighted by Gasteiger charge is -2.32. The van der Waals surface area contributed by atoms with Gasteiger partial charge in [0.2, 0.25) is 0 Å². The third-order valence-corrected chi connectivity index (χ3v) is 3.93. The molecule has 1 saturated heterocycles. The molecule has 1 heterocycles. The first-order chi connectivity index (χ1) is 9.79. The van der Waals surface area contributed by atoms with Crippen LogP contribution in [0.3, 0.4) is 0 Å². The first kappa shape index (κ1) is 15.3. The molecule has 4 nitrogen and oxygen atoms in total. The highest BCUT2D eigenvalue weighted by Crippen LogP contribution is 2.15. The molecule has 0 amide bonds. The Morgan fingerprint density at radius 1 is 1.15 bits per heavy atom. The Kier molecular flexibility index (Phi) is 6.30. The van der Waals surface area contributed by atoms with Gasteiger partial charge in [0.25, 0.3) is 0 Å². The maximum atomic E-state index is 5.17. The molecule has 20 heavy (non-hydrogen) atoms. The first-order valence-corrected chi connectivity index (χ1v) is 7.51. The van der Waals surface area contributed by atoms with Gasteiger partial charge in [-0.2, -0.15) is 0 Å². The maximum Gasteiger partial charge on any atom is 0.0503 e. The summed E-state index contributed by atoms with van der Waals surface area (Å²) in [6.07, 6.45) is 0.966. The van der Waals surface area contributed by atoms with E-state index in [1.165, 1.54) is 37.4 Å². The van der Waals surface area contributed by atoms with E-state index in [2.05, 4.69) is 46.4 Å². The zero-order chi connectivity index (χ0) is 14.2. The van der Waals surface area contributed by atoms with E-state index in [1.807, 2.05) is 0 Å². The number of piperazine rings is 1. The minimum absolute atomic E-state index is 0.775. The van der Waals surface area contributed by atoms with Gasteiger partial charge in [0.05, 0.1) is 6.61 Å². The van der Waals surface area contributed by atoms with Crippen molar-refractivity contribution in [2.45, 2.75) is 6.42 Å². The molecule has 0 unspecified atom stereocenters. The zero-order valence-electron chi connectivity index (χ0n) is 12.8. The minimum Gasteiger partial charge on any atom is -0.384 e. The number of anilines is 1. The molecule has 1 aliphatic heterocycles. The SMILES string of the molecule is COCCc1ccccc1NCCN1CCN(C)CC1. The van der Waals surface area contributed by atoms with Crippen LogP contribution in [0.25, 0.3) is 0 Å². The van der Waals surface area contributed by atoms with Crippen molar-refractivity contribution in [2.75, 3.05) is 65.3 Å². The third kappa shape index (κ3) is 4.78. The average Bonchev–Trinajstić information content (AvgIpc) is 2.48. The Morgan fingerprint density at radius 3 is 2.65 bits per heavy atom. The summed E-state index contributed by atoms with van der Waals surface area (Å²) in [5, 5.41) is 3.57. The molecule has 2 rings (SSSR count). The van der Waals surface area contributed by atoms with Crippen LogP contribution in [0.5, 0.6) is 0 Å². The smallest absolute Gasteiger partial charge is 0.0503 e. The van der Waals surface area contributed by atoms with E-state index in [0.717, 1.165) is 26.1 Å². The second-order valence-corrected chi connectivity index (χ2v) is 5.47. The van der Waals surface area contributed by atoms with Crippen LogP contribution in [0.2, 0.25) is 0 Å². The summed E-state index contributed by atoms with van der Waals surface area (Å²) >= 11 is 0. The summed E-state index contributed by atoms with van der Waals surface area (Å²) in [7, 11) is 3.95. The zero-order valence-corrected chi connectivity index (χ0v) is 12.8. The van der Waals surface area contributed by atoms with E-state index in [1.54, 1.807) is 7.11 Å². The number of likely N-dealkylation sites (N-methyl/N-ethyl adjacent to an activating group) is 1. The van der Waals surface area contributed by atoms with E-state index >= 15 is 0 Å². The standard InChI is InChI=1S/C16H27N3O/c1-18-10-12-19(13-11-18)9-8-17-16-6-4-3-5-15(16)7-14-20-2/h3-6,17H,7-14H2,1-2H3. The lowest BCUT2D eigenvalue weighted by atomic mass is 10.1. The Bertz CT molecular complexity index is 389. The second-order valence-electron chi connectivity index (χ2n) is 5.47. The number of para-hydroxylation sites is 1. The fourth-order valence-electron chi connectivity index (χ4n) is 2.54. The Labute approximate surface area is 122 Å². The summed E-state index contributed by atoms with van der Waals surface area (Å²) < 4.78 is 5.17. The molecule has 1 fully saturated rings. The van der Waals surface area contributed by atoms with Gasteiger partial charge in [0.1, 0.15) is 0 Å². The number of ether oxygens (including phenoxy) is 1. The van der Waals surface area contributed by atoms with Crippen molar-refractivity contribution in [3.8, 4) is 0 Å². The van der Waals surface area contributed by atoms with Crippen molar-refractivity contribution in [3.63, 3.8) is 0 Å². The molecule has 112 valence electrons. The monoisotopic (exact) mass is 277 g/mol. The average molecular weight is 277 g/mol. The van der Waals surface area contributed by atoms with Crippen LogP contribution in [0, 0.1) is 0 Å². The molecule has 4 heteroatoms. The highest BCUT2D eigenvalue weighted by Gasteiger charge is 2.12. The molecule has 0 aromatic heterocycles. The van der Waals surface area contributed by atoms with Crippen LogP contribution in [0.15, 0.2) is 24.3 Å². The van der Waals surface area contributed by atoms with Crippen LogP contribution < -0.4 is 5.32 Å². The lowest BCUT2D eigenvalue weighted by Crippen LogP contribution is -2.45. The second kappa shape index (κ2) is 8.25. The van der Waals surface area contributed by atoms with Gasteiger partial charge in [-0.1, -0.05) is 18.2 Å². The van der Waals surface area contributed by atoms with Crippen LogP contribution in [0.1, 0.15) is 5.56 Å². The summed E-state index contributed by atoms with van der Waals surface area (Å²) in [4.78, 5) is 4.93. The van der Waals surface area contributed by atoms with Gasteiger partial charge in [-0.3, -0.25) is 4.90 Å². The van der Waals surface area contributed by atoms with Crippen LogP contribution in [-0.4, -0.2) is 69.8 Å². The molecule has 1 aliphatic rings. The number of hydrogen-bond donors (Lipinski definition) is 1. The van der Waals surface area contributed by atoms with Crippen molar-refractivity contribution < 1.29 is 4.74 Å². The molecule has 0 spiro atoms. The van der Waals surface area contributed by atoms with Crippen molar-refractivity contribution in [1.29, 1.82) is 0 Å². The molecule has 1 aromatic rings. The summed E-state index contributed by atoms with van der Waals surface area (Å²) in [5.41, 5.74) is 2.59. The van der Waals surface area contributed by atoms with Crippen LogP contribution in [-0.2, 0) is 11.2 Å². The van der Waals surface area contributed by atoms with E-state index in [9.17, 15) is 0 Å². The molecule has 1 N–H and O–H groups in total. The fourth-order valence-corrected chi connectivity index (χ4v) is 2.54. The molecular formula is C16H27N3O. The van der Waals surface area contributed by atoms with E-state index in [-0.39, 0.29) is 0 Å². The molecule has 0 atom stereocenters. The van der Waals surface area contributed by atoms with Gasteiger partial charge in [0.15, 0.2) is 0 Å². The van der Waals surface area contributed by atoms with Gasteiger partial charge < -0.3 is 15.0 Å². The number of hydrogen-bond acceptors (Lipinski definition) is 4. The van der Waals surface area contributed by atoms with Crippen molar-refractivity contribution in [1.82, 2.24) is 9.80 Å². The molecule has 0 saturated carbocycles. The topological polar surface area (TPSA) is 27.7 Å². The van der Waals surface area contributed by atoms with Gasteiger partial charge in [0, 0.05) is 52.1 Å². The van der Waals surface area contributed by atoms with Crippen molar-refractivity contribution in [3.05, 3.63) is 29.8 Å². The minimum atomic E-state index is 0.775. The molecular weight excluding hydrogens is 250 g/mol. The van der Waals surface area contributed by atoms with Crippen molar-refractivity contribution >= 4 is 5.69 Å². The summed E-state index contributed by atoms with van der Waals surface area (Å²) in [6.45, 7) is 7.64. The highest BCUT2D eigenvalue weighted by molar-refractivity contribution is 5.51. The van der Waals surface area contributed by atoms with E-state index < -0.39 is 0 Å². The molecule has 0 radical (unpaired) electrons. The van der Waals surface area contributed by atoms with E-state index in [0.29, 0.717) is 0 Å². The Balaban J connectivity index is 1.76. The number of methoxy groups -OCH3 is 1. The Morgan fingerprint density at radius 2 is 1.90 bits per heavy atom. The first-order valence-electron chi connectivity index (χ1n) is 7.51. The van der Waals surface area contributed by atoms with Crippen LogP contribution >= 0.6 is 0 Å². The van der Waals surface area contributed by atoms with Gasteiger partial charge in [-0.15, -0.1) is 0 Å². The third-order valence-electron chi connectivity index (χ3n) is 3.93. The largest absolute Gasteiger partial charge is 0.384 e. The summed E-state index contributed by atoms with van der Waals surface area (Å²) in [6, 6.07) is 8.53. The quantitative estimate of drug-likeness (QED) is 0.818. The fraction of sp³-hybridized carbons (Fsp3) is 0.625. The number of benzene rings is 1. The van der Waals surface area contributed by atoms with E-state index in [4.69, 9.17) is 4.74 Å².